The number of benzene rings is 2. The molecular weight excluding hydrogens is 283 g/mol. The Kier molecular flexibility index (Phi) is 4.47. The second-order valence-corrected chi connectivity index (χ2v) is 5.67. The molecule has 0 aliphatic rings. The number of nitrogen functional groups attached to an aromatic ring is 1. The molecule has 0 aliphatic heterocycles. The number of carbonyl (C=O) groups excluding carboxylic acids is 1. The third-order valence-electron chi connectivity index (χ3n) is 3.34. The fourth-order valence-corrected chi connectivity index (χ4v) is 2.11. The topological polar surface area (TPSA) is 75.3 Å². The highest BCUT2D eigenvalue weighted by atomic mass is 19.1. The van der Waals surface area contributed by atoms with Gasteiger partial charge in [0.25, 0.3) is 5.91 Å². The molecule has 0 saturated carbocycles. The van der Waals surface area contributed by atoms with Crippen molar-refractivity contribution in [3.8, 4) is 0 Å². The molecule has 2 aromatic rings. The number of rotatable bonds is 4. The van der Waals surface area contributed by atoms with Crippen molar-refractivity contribution in [1.29, 1.82) is 0 Å². The Labute approximate surface area is 128 Å². The van der Waals surface area contributed by atoms with Crippen LogP contribution >= 0.6 is 0 Å². The van der Waals surface area contributed by atoms with Crippen molar-refractivity contribution in [1.82, 2.24) is 5.32 Å². The first-order valence-corrected chi connectivity index (χ1v) is 6.92. The molecule has 4 N–H and O–H groups in total. The minimum Gasteiger partial charge on any atom is -0.398 e. The minimum atomic E-state index is -1.13. The van der Waals surface area contributed by atoms with Crippen molar-refractivity contribution in [2.45, 2.75) is 26.0 Å². The Morgan fingerprint density at radius 1 is 1.23 bits per heavy atom. The quantitative estimate of drug-likeness (QED) is 0.760. The second kappa shape index (κ2) is 6.15. The predicted octanol–water partition coefficient (Wildman–Crippen LogP) is 2.57. The van der Waals surface area contributed by atoms with Crippen LogP contribution in [-0.2, 0) is 12.1 Å². The maximum Gasteiger partial charge on any atom is 0.251 e. The van der Waals surface area contributed by atoms with Crippen LogP contribution in [0.25, 0.3) is 0 Å². The lowest BCUT2D eigenvalue weighted by Crippen LogP contribution is -2.24. The summed E-state index contributed by atoms with van der Waals surface area (Å²) in [5.41, 5.74) is 6.84. The summed E-state index contributed by atoms with van der Waals surface area (Å²) in [6, 6.07) is 10.7. The van der Waals surface area contributed by atoms with Gasteiger partial charge in [-0.3, -0.25) is 4.79 Å². The van der Waals surface area contributed by atoms with Gasteiger partial charge in [0.1, 0.15) is 5.82 Å². The van der Waals surface area contributed by atoms with Gasteiger partial charge in [-0.15, -0.1) is 0 Å². The summed E-state index contributed by atoms with van der Waals surface area (Å²) in [6.45, 7) is 3.51. The van der Waals surface area contributed by atoms with E-state index in [1.807, 2.05) is 0 Å². The van der Waals surface area contributed by atoms with Gasteiger partial charge in [0, 0.05) is 23.4 Å². The third kappa shape index (κ3) is 3.83. The molecule has 2 rings (SSSR count). The second-order valence-electron chi connectivity index (χ2n) is 5.67. The van der Waals surface area contributed by atoms with Gasteiger partial charge in [-0.25, -0.2) is 4.39 Å². The summed E-state index contributed by atoms with van der Waals surface area (Å²) in [5, 5.41) is 12.8. The molecule has 0 saturated heterocycles. The molecule has 0 radical (unpaired) electrons. The number of nitrogens with two attached hydrogens (primary N) is 1. The van der Waals surface area contributed by atoms with E-state index in [1.165, 1.54) is 12.1 Å². The molecule has 0 fully saturated rings. The van der Waals surface area contributed by atoms with Gasteiger partial charge in [0.2, 0.25) is 0 Å². The maximum absolute atomic E-state index is 12.8. The standard InChI is InChI=1S/C17H19FN2O2/c1-17(2,22)14-9-12(5-8-15(14)19)16(21)20-10-11-3-6-13(18)7-4-11/h3-9,22H,10,19H2,1-2H3,(H,20,21). The van der Waals surface area contributed by atoms with Crippen LogP contribution in [0.1, 0.15) is 35.3 Å². The fourth-order valence-electron chi connectivity index (χ4n) is 2.11. The van der Waals surface area contributed by atoms with E-state index in [9.17, 15) is 14.3 Å². The van der Waals surface area contributed by atoms with Crippen LogP contribution in [-0.4, -0.2) is 11.0 Å². The third-order valence-corrected chi connectivity index (χ3v) is 3.34. The number of nitrogens with one attached hydrogen (secondary N) is 1. The molecule has 0 heterocycles. The molecule has 5 heteroatoms. The number of hydrogen-bond donors (Lipinski definition) is 3. The largest absolute Gasteiger partial charge is 0.398 e. The van der Waals surface area contributed by atoms with Crippen molar-refractivity contribution in [3.63, 3.8) is 0 Å². The number of anilines is 1. The zero-order chi connectivity index (χ0) is 16.3. The van der Waals surface area contributed by atoms with E-state index in [2.05, 4.69) is 5.32 Å². The van der Waals surface area contributed by atoms with Gasteiger partial charge in [0.15, 0.2) is 0 Å². The molecule has 116 valence electrons. The lowest BCUT2D eigenvalue weighted by molar-refractivity contribution is 0.0792. The number of aliphatic hydroxyl groups is 1. The Bertz CT molecular complexity index is 676. The van der Waals surface area contributed by atoms with Crippen molar-refractivity contribution in [3.05, 3.63) is 65.0 Å². The highest BCUT2D eigenvalue weighted by Crippen LogP contribution is 2.26. The molecule has 1 amide bonds. The fraction of sp³-hybridized carbons (Fsp3) is 0.235. The van der Waals surface area contributed by atoms with E-state index in [-0.39, 0.29) is 11.7 Å². The van der Waals surface area contributed by atoms with Crippen LogP contribution < -0.4 is 11.1 Å². The molecule has 0 aliphatic carbocycles. The van der Waals surface area contributed by atoms with E-state index in [1.54, 1.807) is 44.2 Å². The highest BCUT2D eigenvalue weighted by molar-refractivity contribution is 5.94. The zero-order valence-electron chi connectivity index (χ0n) is 12.6. The average molecular weight is 302 g/mol. The van der Waals surface area contributed by atoms with Gasteiger partial charge < -0.3 is 16.2 Å². The van der Waals surface area contributed by atoms with E-state index in [0.29, 0.717) is 23.4 Å². The summed E-state index contributed by atoms with van der Waals surface area (Å²) in [5.74, 6) is -0.599. The number of hydrogen-bond acceptors (Lipinski definition) is 3. The molecule has 0 spiro atoms. The lowest BCUT2D eigenvalue weighted by Gasteiger charge is -2.20. The van der Waals surface area contributed by atoms with Gasteiger partial charge in [0.05, 0.1) is 5.60 Å². The normalized spacial score (nSPS) is 11.3. The van der Waals surface area contributed by atoms with E-state index in [0.717, 1.165) is 5.56 Å². The lowest BCUT2D eigenvalue weighted by atomic mass is 9.94. The number of carbonyl (C=O) groups is 1. The molecule has 4 nitrogen and oxygen atoms in total. The smallest absolute Gasteiger partial charge is 0.251 e. The molecule has 0 unspecified atom stereocenters. The summed E-state index contributed by atoms with van der Waals surface area (Å²) < 4.78 is 12.8. The number of amides is 1. The SMILES string of the molecule is CC(C)(O)c1cc(C(=O)NCc2ccc(F)cc2)ccc1N. The van der Waals surface area contributed by atoms with Gasteiger partial charge >= 0.3 is 0 Å². The molecular formula is C17H19FN2O2. The van der Waals surface area contributed by atoms with Crippen molar-refractivity contribution in [2.24, 2.45) is 0 Å². The van der Waals surface area contributed by atoms with Gasteiger partial charge in [-0.2, -0.15) is 0 Å². The average Bonchev–Trinajstić information content (AvgIpc) is 2.45. The first-order valence-electron chi connectivity index (χ1n) is 6.92. The van der Waals surface area contributed by atoms with E-state index in [4.69, 9.17) is 5.73 Å². The highest BCUT2D eigenvalue weighted by Gasteiger charge is 2.20. The van der Waals surface area contributed by atoms with Crippen LogP contribution in [0, 0.1) is 5.82 Å². The Hall–Kier alpha value is -2.40. The Balaban J connectivity index is 2.11. The van der Waals surface area contributed by atoms with Crippen LogP contribution in [0.3, 0.4) is 0 Å². The maximum atomic E-state index is 12.8. The monoisotopic (exact) mass is 302 g/mol. The van der Waals surface area contributed by atoms with Gasteiger partial charge in [-0.05, 0) is 49.7 Å². The summed E-state index contributed by atoms with van der Waals surface area (Å²) >= 11 is 0. The molecule has 0 atom stereocenters. The van der Waals surface area contributed by atoms with E-state index >= 15 is 0 Å². The Morgan fingerprint density at radius 2 is 1.86 bits per heavy atom. The van der Waals surface area contributed by atoms with Gasteiger partial charge in [-0.1, -0.05) is 12.1 Å². The summed E-state index contributed by atoms with van der Waals surface area (Å²) in [6.07, 6.45) is 0. The Morgan fingerprint density at radius 3 is 2.45 bits per heavy atom. The first kappa shape index (κ1) is 16.0. The molecule has 2 aromatic carbocycles. The predicted molar refractivity (Wildman–Crippen MR) is 83.7 cm³/mol. The molecule has 0 aromatic heterocycles. The molecule has 0 bridgehead atoms. The first-order chi connectivity index (χ1) is 10.3. The zero-order valence-corrected chi connectivity index (χ0v) is 12.6. The van der Waals surface area contributed by atoms with Crippen LogP contribution in [0.15, 0.2) is 42.5 Å². The van der Waals surface area contributed by atoms with Crippen molar-refractivity contribution < 1.29 is 14.3 Å². The van der Waals surface area contributed by atoms with Crippen molar-refractivity contribution in [2.75, 3.05) is 5.73 Å². The minimum absolute atomic E-state index is 0.283. The van der Waals surface area contributed by atoms with Crippen LogP contribution in [0.4, 0.5) is 10.1 Å². The summed E-state index contributed by atoms with van der Waals surface area (Å²) in [7, 11) is 0. The van der Waals surface area contributed by atoms with Crippen LogP contribution in [0.5, 0.6) is 0 Å². The molecule has 22 heavy (non-hydrogen) atoms. The van der Waals surface area contributed by atoms with E-state index < -0.39 is 5.60 Å². The van der Waals surface area contributed by atoms with Crippen molar-refractivity contribution >= 4 is 11.6 Å². The van der Waals surface area contributed by atoms with Crippen LogP contribution in [0.2, 0.25) is 0 Å². The summed E-state index contributed by atoms with van der Waals surface area (Å²) in [4.78, 5) is 12.2. The number of halogens is 1.